The van der Waals surface area contributed by atoms with Crippen molar-refractivity contribution >= 4 is 45.5 Å². The monoisotopic (exact) mass is 613 g/mol. The van der Waals surface area contributed by atoms with E-state index in [9.17, 15) is 14.4 Å². The third-order valence-electron chi connectivity index (χ3n) is 7.41. The Hall–Kier alpha value is -4.65. The fourth-order valence-electron chi connectivity index (χ4n) is 5.09. The Balaban J connectivity index is 1.41. The van der Waals surface area contributed by atoms with Crippen LogP contribution in [0.15, 0.2) is 72.4 Å². The molecule has 0 bridgehead atoms. The molecule has 2 N–H and O–H groups in total. The van der Waals surface area contributed by atoms with Crippen LogP contribution < -0.4 is 20.1 Å². The lowest BCUT2D eigenvalue weighted by molar-refractivity contribution is -0.112. The second-order valence-corrected chi connectivity index (χ2v) is 10.8. The normalized spacial score (nSPS) is 13.3. The van der Waals surface area contributed by atoms with Gasteiger partial charge in [0.25, 0.3) is 0 Å². The van der Waals surface area contributed by atoms with Gasteiger partial charge in [0.15, 0.2) is 0 Å². The number of pyridine rings is 1. The highest BCUT2D eigenvalue weighted by Gasteiger charge is 2.17. The van der Waals surface area contributed by atoms with Gasteiger partial charge in [0, 0.05) is 42.5 Å². The number of amides is 1. The lowest BCUT2D eigenvalue weighted by atomic mass is 10.0. The minimum atomic E-state index is -0.338. The molecule has 4 aromatic rings. The predicted molar refractivity (Wildman–Crippen MR) is 171 cm³/mol. The molecule has 44 heavy (non-hydrogen) atoms. The van der Waals surface area contributed by atoms with Crippen molar-refractivity contribution in [2.24, 2.45) is 0 Å². The number of benzene rings is 3. The molecule has 1 aromatic heterocycles. The smallest absolute Gasteiger partial charge is 0.248 e. The number of nitriles is 1. The van der Waals surface area contributed by atoms with Crippen molar-refractivity contribution in [3.05, 3.63) is 94.4 Å². The first-order chi connectivity index (χ1) is 21.4. The summed E-state index contributed by atoms with van der Waals surface area (Å²) in [5.74, 6) is 0.348. The highest BCUT2D eigenvalue weighted by molar-refractivity contribution is 6.32. The molecule has 0 spiro atoms. The molecule has 5 rings (SSSR count). The lowest BCUT2D eigenvalue weighted by Crippen LogP contribution is -2.30. The summed E-state index contributed by atoms with van der Waals surface area (Å²) in [7, 11) is 0. The van der Waals surface area contributed by atoms with Crippen LogP contribution in [0.5, 0.6) is 11.5 Å². The zero-order valence-electron chi connectivity index (χ0n) is 24.6. The van der Waals surface area contributed by atoms with Crippen LogP contribution in [0.4, 0.5) is 21.5 Å². The summed E-state index contributed by atoms with van der Waals surface area (Å²) in [6.07, 6.45) is 4.88. The Morgan fingerprint density at radius 1 is 1.11 bits per heavy atom. The molecule has 1 amide bonds. The average Bonchev–Trinajstić information content (AvgIpc) is 3.02. The maximum absolute atomic E-state index is 13.5. The predicted octanol–water partition coefficient (Wildman–Crippen LogP) is 7.60. The summed E-state index contributed by atoms with van der Waals surface area (Å²) in [5, 5.41) is 17.2. The number of nitrogens with zero attached hydrogens (tertiary/aromatic N) is 3. The van der Waals surface area contributed by atoms with Gasteiger partial charge in [0.1, 0.15) is 30.0 Å². The molecule has 8 nitrogen and oxygen atoms in total. The molecule has 0 saturated carbocycles. The van der Waals surface area contributed by atoms with Crippen molar-refractivity contribution in [1.29, 1.82) is 5.26 Å². The standard InChI is InChI=1S/C34H33ClFN5O3/c1-3-41-12-10-22(11-13-41)15-33(42)40-30-17-27-29(18-32(30)43-4-2)38-20-24(19-37)34(27)39-26-8-9-31(28(35)16-26)44-21-23-6-5-7-25(36)14-23/h5-9,14-18,20H,3-4,10-13,21H2,1-2H3,(H,38,39)(H,40,42). The summed E-state index contributed by atoms with van der Waals surface area (Å²) in [4.78, 5) is 19.9. The van der Waals surface area contributed by atoms with Crippen molar-refractivity contribution in [3.63, 3.8) is 0 Å². The highest BCUT2D eigenvalue weighted by Crippen LogP contribution is 2.37. The van der Waals surface area contributed by atoms with Gasteiger partial charge in [-0.05, 0) is 68.3 Å². The van der Waals surface area contributed by atoms with Gasteiger partial charge < -0.3 is 25.0 Å². The molecule has 1 saturated heterocycles. The Labute approximate surface area is 261 Å². The summed E-state index contributed by atoms with van der Waals surface area (Å²) in [5.41, 5.74) is 4.28. The van der Waals surface area contributed by atoms with Crippen LogP contribution in [-0.2, 0) is 11.4 Å². The highest BCUT2D eigenvalue weighted by atomic mass is 35.5. The first-order valence-electron chi connectivity index (χ1n) is 14.5. The second kappa shape index (κ2) is 14.2. The minimum absolute atomic E-state index is 0.155. The molecule has 0 radical (unpaired) electrons. The summed E-state index contributed by atoms with van der Waals surface area (Å²) in [6.45, 7) is 7.45. The van der Waals surface area contributed by atoms with Crippen LogP contribution in [0, 0.1) is 17.1 Å². The van der Waals surface area contributed by atoms with E-state index < -0.39 is 0 Å². The van der Waals surface area contributed by atoms with E-state index in [1.165, 1.54) is 18.3 Å². The van der Waals surface area contributed by atoms with E-state index in [0.29, 0.717) is 62.2 Å². The number of carbonyl (C=O) groups excluding carboxylic acids is 1. The van der Waals surface area contributed by atoms with Gasteiger partial charge in [0.2, 0.25) is 5.91 Å². The van der Waals surface area contributed by atoms with Crippen LogP contribution in [0.25, 0.3) is 10.9 Å². The van der Waals surface area contributed by atoms with E-state index in [4.69, 9.17) is 21.1 Å². The molecular weight excluding hydrogens is 581 g/mol. The summed E-state index contributed by atoms with van der Waals surface area (Å²) in [6, 6.07) is 17.0. The number of ether oxygens (including phenoxy) is 2. The van der Waals surface area contributed by atoms with Gasteiger partial charge in [0.05, 0.1) is 34.1 Å². The van der Waals surface area contributed by atoms with E-state index in [-0.39, 0.29) is 18.3 Å². The molecule has 1 aliphatic heterocycles. The van der Waals surface area contributed by atoms with Crippen LogP contribution in [0.1, 0.15) is 37.8 Å². The number of hydrogen-bond donors (Lipinski definition) is 2. The number of fused-ring (bicyclic) bond motifs is 1. The molecule has 2 heterocycles. The van der Waals surface area contributed by atoms with E-state index in [1.54, 1.807) is 48.5 Å². The first-order valence-corrected chi connectivity index (χ1v) is 14.9. The number of hydrogen-bond acceptors (Lipinski definition) is 7. The minimum Gasteiger partial charge on any atom is -0.492 e. The number of halogens is 2. The van der Waals surface area contributed by atoms with Crippen LogP contribution in [-0.4, -0.2) is 42.0 Å². The largest absolute Gasteiger partial charge is 0.492 e. The van der Waals surface area contributed by atoms with E-state index in [1.807, 2.05) is 6.92 Å². The molecule has 0 aliphatic carbocycles. The number of piperidine rings is 1. The van der Waals surface area contributed by atoms with Gasteiger partial charge in [-0.3, -0.25) is 9.78 Å². The number of anilines is 3. The number of rotatable bonds is 10. The van der Waals surface area contributed by atoms with Crippen LogP contribution >= 0.6 is 11.6 Å². The van der Waals surface area contributed by atoms with Crippen molar-refractivity contribution in [2.45, 2.75) is 33.3 Å². The fraction of sp³-hybridized carbons (Fsp3) is 0.265. The molecule has 226 valence electrons. The van der Waals surface area contributed by atoms with Gasteiger partial charge in [-0.2, -0.15) is 5.26 Å². The van der Waals surface area contributed by atoms with Gasteiger partial charge in [-0.1, -0.05) is 36.2 Å². The average molecular weight is 614 g/mol. The maximum Gasteiger partial charge on any atom is 0.248 e. The second-order valence-electron chi connectivity index (χ2n) is 10.4. The molecule has 1 fully saturated rings. The number of aromatic nitrogens is 1. The maximum atomic E-state index is 13.5. The fourth-order valence-corrected chi connectivity index (χ4v) is 5.33. The molecule has 3 aromatic carbocycles. The number of carbonyl (C=O) groups is 1. The molecule has 0 unspecified atom stereocenters. The van der Waals surface area contributed by atoms with Crippen molar-refractivity contribution < 1.29 is 18.7 Å². The van der Waals surface area contributed by atoms with Crippen molar-refractivity contribution in [3.8, 4) is 17.6 Å². The van der Waals surface area contributed by atoms with E-state index in [0.717, 1.165) is 38.0 Å². The summed E-state index contributed by atoms with van der Waals surface area (Å²) < 4.78 is 25.2. The van der Waals surface area contributed by atoms with Gasteiger partial charge in [-0.25, -0.2) is 4.39 Å². The molecule has 1 aliphatic rings. The molecule has 0 atom stereocenters. The number of nitrogens with one attached hydrogen (secondary N) is 2. The number of likely N-dealkylation sites (tertiary alicyclic amines) is 1. The van der Waals surface area contributed by atoms with Gasteiger partial charge in [-0.15, -0.1) is 0 Å². The summed E-state index contributed by atoms with van der Waals surface area (Å²) >= 11 is 6.53. The van der Waals surface area contributed by atoms with E-state index in [2.05, 4.69) is 33.5 Å². The Bertz CT molecular complexity index is 1740. The van der Waals surface area contributed by atoms with E-state index >= 15 is 0 Å². The third kappa shape index (κ3) is 7.46. The molecular formula is C34H33ClFN5O3. The van der Waals surface area contributed by atoms with Crippen LogP contribution in [0.3, 0.4) is 0 Å². The Kier molecular flexibility index (Phi) is 9.95. The zero-order valence-corrected chi connectivity index (χ0v) is 25.4. The third-order valence-corrected chi connectivity index (χ3v) is 7.71. The van der Waals surface area contributed by atoms with Gasteiger partial charge >= 0.3 is 0 Å². The first kappa shape index (κ1) is 30.8. The van der Waals surface area contributed by atoms with Crippen molar-refractivity contribution in [1.82, 2.24) is 9.88 Å². The molecule has 10 heteroatoms. The topological polar surface area (TPSA) is 99.5 Å². The Morgan fingerprint density at radius 3 is 2.64 bits per heavy atom. The van der Waals surface area contributed by atoms with Crippen LogP contribution in [0.2, 0.25) is 5.02 Å². The zero-order chi connectivity index (χ0) is 31.1. The van der Waals surface area contributed by atoms with Crippen molar-refractivity contribution in [2.75, 3.05) is 36.9 Å². The SMILES string of the molecule is CCOc1cc2ncc(C#N)c(Nc3ccc(OCc4cccc(F)c4)c(Cl)c3)c2cc1NC(=O)C=C1CCN(CC)CC1. The Morgan fingerprint density at radius 2 is 1.93 bits per heavy atom. The quantitative estimate of drug-likeness (QED) is 0.178. The lowest BCUT2D eigenvalue weighted by Gasteiger charge is -2.26.